The molecule has 2 heterocycles. The summed E-state index contributed by atoms with van der Waals surface area (Å²) in [6, 6.07) is 53.2. The zero-order valence-electron chi connectivity index (χ0n) is 43.4. The second-order valence-electron chi connectivity index (χ2n) is 18.9. The highest BCUT2D eigenvalue weighted by Gasteiger charge is 2.27. The third-order valence-electron chi connectivity index (χ3n) is 13.3. The number of nitrogens with zero attached hydrogens (tertiary/aromatic N) is 4. The van der Waals surface area contributed by atoms with Gasteiger partial charge in [-0.1, -0.05) is 214 Å². The van der Waals surface area contributed by atoms with Crippen molar-refractivity contribution in [1.82, 2.24) is 9.13 Å². The highest BCUT2D eigenvalue weighted by atomic mass is 35.5. The zero-order valence-corrected chi connectivity index (χ0v) is 54.0. The lowest BCUT2D eigenvalue weighted by Gasteiger charge is -2.19. The van der Waals surface area contributed by atoms with E-state index in [4.69, 9.17) is 149 Å². The van der Waals surface area contributed by atoms with Crippen LogP contribution in [0, 0.1) is 0 Å². The standard InChI is InChI=1S/C32H25Cl6N2O.C31H23Cl6N2O.CH4.2ClH/c33-17-21-1-12-28(30(38)15-21)31(41-19-24-6-11-27(36)16-29(24)37)18-39-13-14-40(20-39)32(22-2-7-25(34)8-3-22)23-4-9-26(35)10-5-23;32-23-6-1-20(2-7-23)31(21-3-8-24(33)9-4-21)39-14-13-38(19-39)17-30(27-12-11-26(35)16-29(27)37)40-18-22-5-10-25(34)15-28(22)36;;;/h1-16,20,31-32H,17-19H2;1-16,19,30-31H,17-18H2;1H4;2*1H/q2*+1;;;/p-2. The van der Waals surface area contributed by atoms with Crippen molar-refractivity contribution in [3.63, 3.8) is 0 Å². The van der Waals surface area contributed by atoms with E-state index in [-0.39, 0.29) is 69.7 Å². The Kier molecular flexibility index (Phi) is 27.2. The first kappa shape index (κ1) is 69.3. The number of halogens is 14. The van der Waals surface area contributed by atoms with Crippen molar-refractivity contribution in [2.24, 2.45) is 0 Å². The van der Waals surface area contributed by atoms with E-state index in [0.717, 1.165) is 50.1 Å². The molecule has 0 bridgehead atoms. The van der Waals surface area contributed by atoms with Gasteiger partial charge in [-0.05, 0) is 108 Å². The molecule has 2 aromatic heterocycles. The predicted octanol–water partition coefficient (Wildman–Crippen LogP) is 15.3. The maximum atomic E-state index is 6.73. The fraction of sp³-hybridized carbons (Fsp3) is 0.156. The van der Waals surface area contributed by atoms with Gasteiger partial charge < -0.3 is 34.3 Å². The summed E-state index contributed by atoms with van der Waals surface area (Å²) in [5.41, 5.74) is 8.63. The summed E-state index contributed by atoms with van der Waals surface area (Å²) in [4.78, 5) is 0. The molecule has 2 unspecified atom stereocenters. The van der Waals surface area contributed by atoms with Gasteiger partial charge >= 0.3 is 0 Å². The van der Waals surface area contributed by atoms with Crippen molar-refractivity contribution in [1.29, 1.82) is 0 Å². The number of hydrogen-bond donors (Lipinski definition) is 0. The molecule has 84 heavy (non-hydrogen) atoms. The number of hydrogen-bond acceptors (Lipinski definition) is 2. The van der Waals surface area contributed by atoms with Crippen molar-refractivity contribution < 1.29 is 43.4 Å². The van der Waals surface area contributed by atoms with Crippen LogP contribution in [0.2, 0.25) is 55.2 Å². The van der Waals surface area contributed by atoms with Crippen molar-refractivity contribution in [2.75, 3.05) is 0 Å². The Morgan fingerprint density at radius 3 is 1.00 bits per heavy atom. The Labute approximate surface area is 562 Å². The molecule has 0 fully saturated rings. The highest BCUT2D eigenvalue weighted by molar-refractivity contribution is 6.36. The van der Waals surface area contributed by atoms with Gasteiger partial charge in [0.15, 0.2) is 12.1 Å². The van der Waals surface area contributed by atoms with Gasteiger partial charge in [0.2, 0.25) is 12.7 Å². The molecule has 0 aliphatic carbocycles. The molecular weight excluding hydrogens is 1350 g/mol. The fourth-order valence-corrected chi connectivity index (χ4v) is 11.6. The molecule has 0 saturated carbocycles. The Hall–Kier alpha value is -3.84. The number of ether oxygens (including phenoxy) is 2. The molecule has 8 aromatic carbocycles. The lowest BCUT2D eigenvalue weighted by Crippen LogP contribution is -3.00. The van der Waals surface area contributed by atoms with Crippen molar-refractivity contribution in [3.05, 3.63) is 313 Å². The molecular formula is C64H52Cl14N4O2. The molecule has 10 rings (SSSR count). The maximum Gasteiger partial charge on any atom is 0.244 e. The van der Waals surface area contributed by atoms with Crippen LogP contribution in [0.15, 0.2) is 207 Å². The first-order valence-electron chi connectivity index (χ1n) is 25.1. The number of benzene rings is 8. The third kappa shape index (κ3) is 18.6. The highest BCUT2D eigenvalue weighted by Crippen LogP contribution is 2.35. The summed E-state index contributed by atoms with van der Waals surface area (Å²) < 4.78 is 21.3. The number of rotatable bonds is 19. The van der Waals surface area contributed by atoms with Crippen LogP contribution >= 0.6 is 139 Å². The SMILES string of the molecule is C.ClCc1ccc(C(C[n+]2ccn(C(c3ccc(Cl)cc3)c3ccc(Cl)cc3)c2)OCc2ccc(Cl)cc2Cl)c(Cl)c1.Clc1ccc(C(c2ccc(Cl)cc2)n2cc[n+](CC(OCc3ccc(Cl)cc3Cl)c3ccc(Cl)cc3Cl)c2)cc1.[Cl-].[Cl-]. The Balaban J connectivity index is 0.000000260. The second kappa shape index (κ2) is 32.9. The van der Waals surface area contributed by atoms with Gasteiger partial charge in [-0.25, -0.2) is 18.3 Å². The Morgan fingerprint density at radius 2 is 0.679 bits per heavy atom. The molecule has 0 radical (unpaired) electrons. The van der Waals surface area contributed by atoms with Crippen LogP contribution in [0.1, 0.15) is 81.8 Å². The predicted molar refractivity (Wildman–Crippen MR) is 342 cm³/mol. The lowest BCUT2D eigenvalue weighted by molar-refractivity contribution is -0.705. The largest absolute Gasteiger partial charge is 1.00 e. The molecule has 2 atom stereocenters. The van der Waals surface area contributed by atoms with Crippen molar-refractivity contribution >= 4 is 139 Å². The van der Waals surface area contributed by atoms with Crippen LogP contribution in [-0.4, -0.2) is 9.13 Å². The Morgan fingerprint density at radius 1 is 0.369 bits per heavy atom. The van der Waals surface area contributed by atoms with E-state index in [2.05, 4.69) is 24.6 Å². The van der Waals surface area contributed by atoms with E-state index in [1.54, 1.807) is 36.4 Å². The molecule has 0 saturated heterocycles. The molecule has 10 aromatic rings. The zero-order chi connectivity index (χ0) is 57.2. The first-order valence-corrected chi connectivity index (χ1v) is 29.8. The maximum absolute atomic E-state index is 6.73. The molecule has 438 valence electrons. The summed E-state index contributed by atoms with van der Waals surface area (Å²) in [5, 5.41) is 6.64. The smallest absolute Gasteiger partial charge is 0.244 e. The van der Waals surface area contributed by atoms with Gasteiger partial charge in [-0.3, -0.25) is 0 Å². The quantitative estimate of drug-likeness (QED) is 0.0597. The molecule has 0 spiro atoms. The second-order valence-corrected chi connectivity index (χ2v) is 23.8. The van der Waals surface area contributed by atoms with E-state index in [9.17, 15) is 0 Å². The topological polar surface area (TPSA) is 36.1 Å². The molecule has 0 N–H and O–H groups in total. The van der Waals surface area contributed by atoms with Crippen LogP contribution in [-0.2, 0) is 41.7 Å². The van der Waals surface area contributed by atoms with Crippen LogP contribution in [0.4, 0.5) is 0 Å². The molecule has 20 heteroatoms. The minimum absolute atomic E-state index is 0. The lowest BCUT2D eigenvalue weighted by atomic mass is 9.98. The summed E-state index contributed by atoms with van der Waals surface area (Å²) in [6.07, 6.45) is 11.4. The van der Waals surface area contributed by atoms with E-state index in [1.165, 1.54) is 0 Å². The van der Waals surface area contributed by atoms with Crippen LogP contribution in [0.25, 0.3) is 0 Å². The normalized spacial score (nSPS) is 11.7. The van der Waals surface area contributed by atoms with Gasteiger partial charge in [-0.2, -0.15) is 0 Å². The van der Waals surface area contributed by atoms with Crippen molar-refractivity contribution in [3.8, 4) is 0 Å². The number of alkyl halides is 1. The Bertz CT molecular complexity index is 3620. The number of imidazole rings is 2. The molecule has 0 amide bonds. The third-order valence-corrected chi connectivity index (χ3v) is 16.7. The van der Waals surface area contributed by atoms with Gasteiger partial charge in [0.1, 0.15) is 50.1 Å². The van der Waals surface area contributed by atoms with Gasteiger partial charge in [-0.15, -0.1) is 11.6 Å². The number of aromatic nitrogens is 4. The van der Waals surface area contributed by atoms with Gasteiger partial charge in [0.05, 0.1) is 13.2 Å². The van der Waals surface area contributed by atoms with Gasteiger partial charge in [0.25, 0.3) is 0 Å². The summed E-state index contributed by atoms with van der Waals surface area (Å²) in [6.45, 7) is 1.56. The summed E-state index contributed by atoms with van der Waals surface area (Å²) in [7, 11) is 0. The molecule has 6 nitrogen and oxygen atoms in total. The molecule has 0 aliphatic rings. The van der Waals surface area contributed by atoms with Crippen LogP contribution in [0.3, 0.4) is 0 Å². The van der Waals surface area contributed by atoms with E-state index < -0.39 is 0 Å². The minimum atomic E-state index is -0.387. The van der Waals surface area contributed by atoms with E-state index in [0.29, 0.717) is 74.2 Å². The minimum Gasteiger partial charge on any atom is -1.00 e. The average molecular weight is 1410 g/mol. The summed E-state index contributed by atoms with van der Waals surface area (Å²) in [5.74, 6) is 0.375. The van der Waals surface area contributed by atoms with Crippen LogP contribution in [0.5, 0.6) is 0 Å². The monoisotopic (exact) mass is 1400 g/mol. The van der Waals surface area contributed by atoms with E-state index >= 15 is 0 Å². The van der Waals surface area contributed by atoms with Crippen LogP contribution < -0.4 is 33.9 Å². The van der Waals surface area contributed by atoms with E-state index in [1.807, 2.05) is 165 Å². The first-order chi connectivity index (χ1) is 39.1. The molecule has 0 aliphatic heterocycles. The summed E-state index contributed by atoms with van der Waals surface area (Å²) >= 11 is 75.4. The average Bonchev–Trinajstić information content (AvgIpc) is 3.53. The van der Waals surface area contributed by atoms with Crippen molar-refractivity contribution in [2.45, 2.75) is 63.9 Å². The van der Waals surface area contributed by atoms with Gasteiger partial charge in [0, 0.05) is 94.5 Å². The fourth-order valence-electron chi connectivity index (χ4n) is 9.20.